The molecule has 0 radical (unpaired) electrons. The molecule has 0 saturated heterocycles. The summed E-state index contributed by atoms with van der Waals surface area (Å²) in [6, 6.07) is 12.5. The van der Waals surface area contributed by atoms with Crippen LogP contribution in [-0.2, 0) is 6.42 Å². The fourth-order valence-electron chi connectivity index (χ4n) is 2.26. The van der Waals surface area contributed by atoms with Gasteiger partial charge >= 0.3 is 0 Å². The maximum Gasteiger partial charge on any atom is 0.251 e. The molecule has 2 N–H and O–H groups in total. The summed E-state index contributed by atoms with van der Waals surface area (Å²) in [6.45, 7) is 1.78. The van der Waals surface area contributed by atoms with Crippen molar-refractivity contribution in [2.45, 2.75) is 25.5 Å². The predicted octanol–water partition coefficient (Wildman–Crippen LogP) is 2.52. The Hall–Kier alpha value is -2.11. The maximum atomic E-state index is 12.4. The van der Waals surface area contributed by atoms with E-state index in [1.165, 1.54) is 6.07 Å². The number of amides is 1. The van der Waals surface area contributed by atoms with Crippen molar-refractivity contribution in [2.75, 3.05) is 19.0 Å². The van der Waals surface area contributed by atoms with E-state index < -0.39 is 12.1 Å². The van der Waals surface area contributed by atoms with E-state index in [4.69, 9.17) is 11.6 Å². The summed E-state index contributed by atoms with van der Waals surface area (Å²) in [4.78, 5) is 18.3. The molecule has 2 atom stereocenters. The van der Waals surface area contributed by atoms with E-state index in [9.17, 15) is 9.90 Å². The van der Waals surface area contributed by atoms with Crippen LogP contribution >= 0.6 is 11.6 Å². The molecule has 0 aliphatic carbocycles. The third-order valence-electron chi connectivity index (χ3n) is 3.72. The molecule has 0 aliphatic heterocycles. The number of aliphatic hydroxyl groups is 1. The summed E-state index contributed by atoms with van der Waals surface area (Å²) in [5.74, 6) is 0.312. The van der Waals surface area contributed by atoms with Gasteiger partial charge in [-0.25, -0.2) is 4.98 Å². The number of carbonyl (C=O) groups is 1. The van der Waals surface area contributed by atoms with Gasteiger partial charge < -0.3 is 15.3 Å². The van der Waals surface area contributed by atoms with Crippen LogP contribution in [0.3, 0.4) is 0 Å². The Morgan fingerprint density at radius 1 is 1.29 bits per heavy atom. The zero-order valence-corrected chi connectivity index (χ0v) is 14.8. The van der Waals surface area contributed by atoms with Crippen molar-refractivity contribution in [3.8, 4) is 0 Å². The number of nitrogens with zero attached hydrogens (tertiary/aromatic N) is 2. The summed E-state index contributed by atoms with van der Waals surface area (Å²) in [5.41, 5.74) is 1.44. The number of rotatable bonds is 6. The van der Waals surface area contributed by atoms with Gasteiger partial charge in [0.2, 0.25) is 0 Å². The highest BCUT2D eigenvalue weighted by molar-refractivity contribution is 6.29. The first-order valence-electron chi connectivity index (χ1n) is 7.74. The van der Waals surface area contributed by atoms with Crippen LogP contribution in [0.25, 0.3) is 0 Å². The first-order valence-corrected chi connectivity index (χ1v) is 8.12. The van der Waals surface area contributed by atoms with Gasteiger partial charge in [-0.2, -0.15) is 0 Å². The van der Waals surface area contributed by atoms with Crippen molar-refractivity contribution in [2.24, 2.45) is 0 Å². The maximum absolute atomic E-state index is 12.4. The molecule has 6 heteroatoms. The minimum Gasteiger partial charge on any atom is -0.391 e. The van der Waals surface area contributed by atoms with E-state index in [-0.39, 0.29) is 11.1 Å². The van der Waals surface area contributed by atoms with E-state index in [0.717, 1.165) is 5.56 Å². The molecule has 2 rings (SSSR count). The van der Waals surface area contributed by atoms with Gasteiger partial charge in [-0.15, -0.1) is 0 Å². The molecule has 128 valence electrons. The molecule has 2 aromatic rings. The van der Waals surface area contributed by atoms with Gasteiger partial charge in [0.05, 0.1) is 12.1 Å². The average Bonchev–Trinajstić information content (AvgIpc) is 2.55. The molecule has 24 heavy (non-hydrogen) atoms. The highest BCUT2D eigenvalue weighted by Crippen LogP contribution is 2.17. The van der Waals surface area contributed by atoms with Crippen LogP contribution in [0.2, 0.25) is 5.15 Å². The largest absolute Gasteiger partial charge is 0.391 e. The number of anilines is 1. The lowest BCUT2D eigenvalue weighted by atomic mass is 10.0. The molecule has 2 unspecified atom stereocenters. The van der Waals surface area contributed by atoms with Crippen LogP contribution in [-0.4, -0.2) is 42.2 Å². The van der Waals surface area contributed by atoms with Gasteiger partial charge in [-0.3, -0.25) is 4.79 Å². The van der Waals surface area contributed by atoms with Crippen molar-refractivity contribution < 1.29 is 9.90 Å². The Labute approximate surface area is 147 Å². The van der Waals surface area contributed by atoms with Crippen molar-refractivity contribution in [3.63, 3.8) is 0 Å². The smallest absolute Gasteiger partial charge is 0.251 e. The molecule has 1 aromatic heterocycles. The van der Waals surface area contributed by atoms with Crippen LogP contribution in [0.5, 0.6) is 0 Å². The number of pyridine rings is 1. The second-order valence-corrected chi connectivity index (χ2v) is 6.34. The Morgan fingerprint density at radius 2 is 1.96 bits per heavy atom. The molecule has 0 fully saturated rings. The summed E-state index contributed by atoms with van der Waals surface area (Å²) in [6.07, 6.45) is -0.204. The topological polar surface area (TPSA) is 65.5 Å². The number of carbonyl (C=O) groups excluding carboxylic acids is 1. The van der Waals surface area contributed by atoms with Gasteiger partial charge in [0.1, 0.15) is 11.0 Å². The van der Waals surface area contributed by atoms with Gasteiger partial charge in [0, 0.05) is 26.1 Å². The third kappa shape index (κ3) is 4.94. The van der Waals surface area contributed by atoms with Gasteiger partial charge in [0.15, 0.2) is 0 Å². The molecule has 0 aliphatic rings. The van der Waals surface area contributed by atoms with Crippen LogP contribution < -0.4 is 10.2 Å². The Bertz CT molecular complexity index is 692. The monoisotopic (exact) mass is 347 g/mol. The lowest BCUT2D eigenvalue weighted by molar-refractivity contribution is 0.0852. The number of nitrogens with one attached hydrogen (secondary N) is 1. The Kier molecular flexibility index (Phi) is 6.17. The van der Waals surface area contributed by atoms with Crippen LogP contribution in [0, 0.1) is 0 Å². The molecular weight excluding hydrogens is 326 g/mol. The highest BCUT2D eigenvalue weighted by Gasteiger charge is 2.19. The number of benzene rings is 1. The summed E-state index contributed by atoms with van der Waals surface area (Å²) < 4.78 is 0. The van der Waals surface area contributed by atoms with Crippen molar-refractivity contribution >= 4 is 23.3 Å². The summed E-state index contributed by atoms with van der Waals surface area (Å²) >= 11 is 5.98. The highest BCUT2D eigenvalue weighted by atomic mass is 35.5. The van der Waals surface area contributed by atoms with Crippen LogP contribution in [0.1, 0.15) is 22.8 Å². The van der Waals surface area contributed by atoms with Crippen LogP contribution in [0.15, 0.2) is 42.5 Å². The normalized spacial score (nSPS) is 13.2. The molecule has 0 saturated carbocycles. The lowest BCUT2D eigenvalue weighted by Crippen LogP contribution is -2.42. The standard InChI is InChI=1S/C18H22ClN3O2/c1-12(15(23)9-13-7-5-4-6-8-13)20-18(24)14-10-16(19)21-17(11-14)22(2)3/h4-8,10-12,15,23H,9H2,1-3H3,(H,20,24). The number of halogens is 1. The van der Waals surface area contributed by atoms with Gasteiger partial charge in [-0.05, 0) is 24.6 Å². The predicted molar refractivity (Wildman–Crippen MR) is 96.7 cm³/mol. The van der Waals surface area contributed by atoms with E-state index in [1.807, 2.05) is 44.4 Å². The first-order chi connectivity index (χ1) is 11.4. The third-order valence-corrected chi connectivity index (χ3v) is 3.92. The summed E-state index contributed by atoms with van der Waals surface area (Å²) in [7, 11) is 3.65. The van der Waals surface area contributed by atoms with Gasteiger partial charge in [0.25, 0.3) is 5.91 Å². The average molecular weight is 348 g/mol. The minimum atomic E-state index is -0.679. The Balaban J connectivity index is 2.03. The number of hydrogen-bond acceptors (Lipinski definition) is 4. The van der Waals surface area contributed by atoms with E-state index in [1.54, 1.807) is 17.9 Å². The fraction of sp³-hybridized carbons (Fsp3) is 0.333. The first kappa shape index (κ1) is 18.2. The zero-order chi connectivity index (χ0) is 17.7. The molecule has 0 spiro atoms. The second-order valence-electron chi connectivity index (χ2n) is 5.95. The molecular formula is C18H22ClN3O2. The minimum absolute atomic E-state index is 0.254. The zero-order valence-electron chi connectivity index (χ0n) is 14.0. The molecule has 0 bridgehead atoms. The summed E-state index contributed by atoms with van der Waals surface area (Å²) in [5, 5.41) is 13.4. The van der Waals surface area contributed by atoms with Crippen molar-refractivity contribution in [3.05, 3.63) is 58.7 Å². The van der Waals surface area contributed by atoms with E-state index >= 15 is 0 Å². The SMILES string of the molecule is CC(NC(=O)c1cc(Cl)nc(N(C)C)c1)C(O)Cc1ccccc1. The van der Waals surface area contributed by atoms with Crippen molar-refractivity contribution in [1.82, 2.24) is 10.3 Å². The number of aromatic nitrogens is 1. The number of aliphatic hydroxyl groups excluding tert-OH is 1. The molecule has 5 nitrogen and oxygen atoms in total. The van der Waals surface area contributed by atoms with Gasteiger partial charge in [-0.1, -0.05) is 41.9 Å². The fourth-order valence-corrected chi connectivity index (χ4v) is 2.47. The lowest BCUT2D eigenvalue weighted by Gasteiger charge is -2.21. The van der Waals surface area contributed by atoms with Crippen LogP contribution in [0.4, 0.5) is 5.82 Å². The molecule has 1 heterocycles. The second kappa shape index (κ2) is 8.13. The Morgan fingerprint density at radius 3 is 2.58 bits per heavy atom. The molecule has 1 amide bonds. The number of hydrogen-bond donors (Lipinski definition) is 2. The van der Waals surface area contributed by atoms with E-state index in [2.05, 4.69) is 10.3 Å². The molecule has 1 aromatic carbocycles. The quantitative estimate of drug-likeness (QED) is 0.788. The van der Waals surface area contributed by atoms with Crippen molar-refractivity contribution in [1.29, 1.82) is 0 Å². The van der Waals surface area contributed by atoms with E-state index in [0.29, 0.717) is 17.8 Å².